The number of carbonyl (C=O) groups excluding carboxylic acids is 1. The van der Waals surface area contributed by atoms with Gasteiger partial charge in [0.1, 0.15) is 0 Å². The number of carboxylic acids is 1. The molecule has 0 atom stereocenters. The maximum atomic E-state index is 12.0. The van der Waals surface area contributed by atoms with Gasteiger partial charge in [-0.05, 0) is 51.4 Å². The van der Waals surface area contributed by atoms with E-state index in [4.69, 9.17) is 9.84 Å². The molecule has 0 aromatic heterocycles. The zero-order chi connectivity index (χ0) is 44.0. The lowest BCUT2D eigenvalue weighted by molar-refractivity contribution is -0.144. The van der Waals surface area contributed by atoms with E-state index in [1.807, 2.05) is 0 Å². The molecule has 0 saturated heterocycles. The lowest BCUT2D eigenvalue weighted by Crippen LogP contribution is -2.05. The number of esters is 1. The van der Waals surface area contributed by atoms with Crippen LogP contribution in [0.5, 0.6) is 0 Å². The van der Waals surface area contributed by atoms with Gasteiger partial charge in [-0.2, -0.15) is 0 Å². The summed E-state index contributed by atoms with van der Waals surface area (Å²) in [6, 6.07) is 0. The summed E-state index contributed by atoms with van der Waals surface area (Å²) in [7, 11) is 0. The molecule has 0 aliphatic heterocycles. The van der Waals surface area contributed by atoms with E-state index in [0.29, 0.717) is 19.4 Å². The standard InChI is InChI=1S/C57H106O4/c1-2-3-4-5-6-7-8-9-32-36-39-42-45-48-51-54-57(60)61-55-52-49-46-43-40-37-34-31-29-27-25-23-21-19-17-15-13-11-10-12-14-16-18-20-22-24-26-28-30-33-35-38-41-44-47-50-53-56(58)59/h3-4,6-7,9,32H,2,5,8,10-31,33-55H2,1H3,(H,58,59)/b4-3-,7-6-,32-9-. The maximum Gasteiger partial charge on any atom is 0.305 e. The number of ether oxygens (including phenoxy) is 1. The summed E-state index contributed by atoms with van der Waals surface area (Å²) in [5, 5.41) is 8.67. The third-order valence-corrected chi connectivity index (χ3v) is 12.6. The van der Waals surface area contributed by atoms with E-state index in [1.54, 1.807) is 0 Å². The molecular formula is C57H106O4. The van der Waals surface area contributed by atoms with Crippen molar-refractivity contribution in [3.05, 3.63) is 36.5 Å². The normalized spacial score (nSPS) is 11.9. The van der Waals surface area contributed by atoms with E-state index in [1.165, 1.54) is 238 Å². The number of aliphatic carboxylic acids is 1. The van der Waals surface area contributed by atoms with Gasteiger partial charge in [-0.15, -0.1) is 0 Å². The Hall–Kier alpha value is -1.84. The molecule has 0 heterocycles. The highest BCUT2D eigenvalue weighted by Crippen LogP contribution is 2.18. The third-order valence-electron chi connectivity index (χ3n) is 12.6. The average Bonchev–Trinajstić information content (AvgIpc) is 3.25. The minimum atomic E-state index is -0.651. The molecule has 0 aliphatic carbocycles. The molecule has 1 N–H and O–H groups in total. The second kappa shape index (κ2) is 54.3. The third kappa shape index (κ3) is 56.1. The maximum absolute atomic E-state index is 12.0. The number of hydrogen-bond donors (Lipinski definition) is 1. The van der Waals surface area contributed by atoms with Crippen molar-refractivity contribution in [3.63, 3.8) is 0 Å². The molecule has 61 heavy (non-hydrogen) atoms. The molecule has 0 aromatic carbocycles. The fourth-order valence-corrected chi connectivity index (χ4v) is 8.54. The molecule has 0 aliphatic rings. The van der Waals surface area contributed by atoms with Crippen molar-refractivity contribution in [1.82, 2.24) is 0 Å². The van der Waals surface area contributed by atoms with Gasteiger partial charge in [0.15, 0.2) is 0 Å². The quantitative estimate of drug-likeness (QED) is 0.0376. The first-order valence-corrected chi connectivity index (χ1v) is 27.5. The summed E-state index contributed by atoms with van der Waals surface area (Å²) in [6.45, 7) is 2.78. The molecule has 0 rings (SSSR count). The van der Waals surface area contributed by atoms with Crippen LogP contribution in [0.15, 0.2) is 36.5 Å². The van der Waals surface area contributed by atoms with E-state index in [2.05, 4.69) is 43.4 Å². The Kier molecular flexibility index (Phi) is 52.7. The van der Waals surface area contributed by atoms with Crippen LogP contribution in [0.1, 0.15) is 309 Å². The highest BCUT2D eigenvalue weighted by molar-refractivity contribution is 5.69. The van der Waals surface area contributed by atoms with Crippen molar-refractivity contribution in [2.75, 3.05) is 6.61 Å². The fraction of sp³-hybridized carbons (Fsp3) is 0.860. The molecule has 0 saturated carbocycles. The van der Waals surface area contributed by atoms with Crippen LogP contribution >= 0.6 is 0 Å². The van der Waals surface area contributed by atoms with Crippen LogP contribution in [-0.4, -0.2) is 23.7 Å². The zero-order valence-corrected chi connectivity index (χ0v) is 41.1. The van der Waals surface area contributed by atoms with Crippen LogP contribution in [-0.2, 0) is 14.3 Å². The monoisotopic (exact) mass is 855 g/mol. The summed E-state index contributed by atoms with van der Waals surface area (Å²) in [5.74, 6) is -0.645. The van der Waals surface area contributed by atoms with Gasteiger partial charge in [-0.1, -0.05) is 281 Å². The highest BCUT2D eigenvalue weighted by atomic mass is 16.5. The van der Waals surface area contributed by atoms with Crippen molar-refractivity contribution in [2.45, 2.75) is 309 Å². The zero-order valence-electron chi connectivity index (χ0n) is 41.1. The molecule has 0 aromatic rings. The minimum absolute atomic E-state index is 0.00639. The predicted molar refractivity (Wildman–Crippen MR) is 269 cm³/mol. The van der Waals surface area contributed by atoms with Gasteiger partial charge in [0.25, 0.3) is 0 Å². The Balaban J connectivity index is 3.16. The summed E-state index contributed by atoms with van der Waals surface area (Å²) < 4.78 is 5.47. The number of hydrogen-bond acceptors (Lipinski definition) is 3. The van der Waals surface area contributed by atoms with Gasteiger partial charge < -0.3 is 9.84 Å². The lowest BCUT2D eigenvalue weighted by Gasteiger charge is -2.06. The van der Waals surface area contributed by atoms with Crippen molar-refractivity contribution in [1.29, 1.82) is 0 Å². The summed E-state index contributed by atoms with van der Waals surface area (Å²) in [6.07, 6.45) is 74.0. The van der Waals surface area contributed by atoms with Crippen molar-refractivity contribution in [2.24, 2.45) is 0 Å². The molecule has 4 heteroatoms. The van der Waals surface area contributed by atoms with Crippen LogP contribution in [0.3, 0.4) is 0 Å². The van der Waals surface area contributed by atoms with Gasteiger partial charge in [0.2, 0.25) is 0 Å². The predicted octanol–water partition coefficient (Wildman–Crippen LogP) is 19.6. The Morgan fingerprint density at radius 2 is 0.590 bits per heavy atom. The smallest absolute Gasteiger partial charge is 0.305 e. The van der Waals surface area contributed by atoms with E-state index in [0.717, 1.165) is 51.4 Å². The largest absolute Gasteiger partial charge is 0.481 e. The van der Waals surface area contributed by atoms with E-state index >= 15 is 0 Å². The Morgan fingerprint density at radius 3 is 0.918 bits per heavy atom. The van der Waals surface area contributed by atoms with Gasteiger partial charge >= 0.3 is 11.9 Å². The van der Waals surface area contributed by atoms with Crippen molar-refractivity contribution < 1.29 is 19.4 Å². The van der Waals surface area contributed by atoms with Crippen LogP contribution in [0.25, 0.3) is 0 Å². The molecule has 0 bridgehead atoms. The first kappa shape index (κ1) is 59.2. The number of allylic oxidation sites excluding steroid dienone is 6. The Bertz CT molecular complexity index is 951. The van der Waals surface area contributed by atoms with Crippen LogP contribution in [0.2, 0.25) is 0 Å². The molecule has 0 amide bonds. The van der Waals surface area contributed by atoms with E-state index in [9.17, 15) is 9.59 Å². The second-order valence-corrected chi connectivity index (χ2v) is 18.7. The SMILES string of the molecule is CC/C=C\C/C=C\C/C=C\CCCCCCCC(=O)OCCCCCCCCCCCCCCCCCCCCCCCCCCCCCCCCCCCCCCC(=O)O. The van der Waals surface area contributed by atoms with Gasteiger partial charge in [0, 0.05) is 12.8 Å². The van der Waals surface area contributed by atoms with Crippen LogP contribution < -0.4 is 0 Å². The summed E-state index contributed by atoms with van der Waals surface area (Å²) >= 11 is 0. The minimum Gasteiger partial charge on any atom is -0.481 e. The molecule has 0 radical (unpaired) electrons. The Labute approximate surface area is 381 Å². The summed E-state index contributed by atoms with van der Waals surface area (Å²) in [5.41, 5.74) is 0. The molecule has 0 unspecified atom stereocenters. The van der Waals surface area contributed by atoms with Crippen molar-refractivity contribution >= 4 is 11.9 Å². The second-order valence-electron chi connectivity index (χ2n) is 18.7. The first-order chi connectivity index (χ1) is 30.2. The average molecular weight is 855 g/mol. The molecule has 358 valence electrons. The topological polar surface area (TPSA) is 63.6 Å². The number of carboxylic acid groups (broad SMARTS) is 1. The molecule has 0 fully saturated rings. The highest BCUT2D eigenvalue weighted by Gasteiger charge is 2.03. The van der Waals surface area contributed by atoms with Gasteiger partial charge in [-0.25, -0.2) is 0 Å². The number of unbranched alkanes of at least 4 members (excludes halogenated alkanes) is 40. The van der Waals surface area contributed by atoms with Crippen LogP contribution in [0, 0.1) is 0 Å². The van der Waals surface area contributed by atoms with Crippen LogP contribution in [0.4, 0.5) is 0 Å². The Morgan fingerprint density at radius 1 is 0.328 bits per heavy atom. The lowest BCUT2D eigenvalue weighted by atomic mass is 10.0. The number of rotatable bonds is 52. The molecular weight excluding hydrogens is 749 g/mol. The molecule has 0 spiro atoms. The van der Waals surface area contributed by atoms with Gasteiger partial charge in [0.05, 0.1) is 6.61 Å². The molecule has 4 nitrogen and oxygen atoms in total. The fourth-order valence-electron chi connectivity index (χ4n) is 8.54. The number of carbonyl (C=O) groups is 2. The summed E-state index contributed by atoms with van der Waals surface area (Å²) in [4.78, 5) is 22.5. The van der Waals surface area contributed by atoms with Gasteiger partial charge in [-0.3, -0.25) is 9.59 Å². The first-order valence-electron chi connectivity index (χ1n) is 27.5. The van der Waals surface area contributed by atoms with Crippen molar-refractivity contribution in [3.8, 4) is 0 Å². The van der Waals surface area contributed by atoms with E-state index < -0.39 is 5.97 Å². The van der Waals surface area contributed by atoms with E-state index in [-0.39, 0.29) is 5.97 Å².